The van der Waals surface area contributed by atoms with Crippen LogP contribution in [0.4, 0.5) is 22.7 Å². The van der Waals surface area contributed by atoms with Crippen molar-refractivity contribution in [2.24, 2.45) is 9.98 Å². The number of ether oxygens (including phenoxy) is 4. The molecular weight excluding hydrogens is 624 g/mol. The summed E-state index contributed by atoms with van der Waals surface area (Å²) in [5, 5.41) is 0. The molecule has 8 heteroatoms. The monoisotopic (exact) mass is 664 g/mol. The van der Waals surface area contributed by atoms with E-state index < -0.39 is 0 Å². The summed E-state index contributed by atoms with van der Waals surface area (Å²) in [6, 6.07) is 46.4. The van der Waals surface area contributed by atoms with Crippen LogP contribution in [0.3, 0.4) is 0 Å². The van der Waals surface area contributed by atoms with Gasteiger partial charge in [-0.15, -0.1) is 0 Å². The van der Waals surface area contributed by atoms with Crippen molar-refractivity contribution in [3.8, 4) is 23.0 Å². The molecule has 8 nitrogen and oxygen atoms in total. The van der Waals surface area contributed by atoms with Gasteiger partial charge in [-0.1, -0.05) is 97.1 Å². The summed E-state index contributed by atoms with van der Waals surface area (Å²) in [4.78, 5) is 8.96. The summed E-state index contributed by atoms with van der Waals surface area (Å²) in [5.41, 5.74) is 18.4. The molecule has 0 spiro atoms. The molecule has 6 aromatic rings. The average Bonchev–Trinajstić information content (AvgIpc) is 3.16. The van der Waals surface area contributed by atoms with Crippen LogP contribution in [0.25, 0.3) is 0 Å². The summed E-state index contributed by atoms with van der Waals surface area (Å²) < 4.78 is 22.9. The first-order chi connectivity index (χ1) is 24.6. The van der Waals surface area contributed by atoms with Gasteiger partial charge in [0.05, 0.1) is 37.0 Å². The second-order valence-corrected chi connectivity index (χ2v) is 10.9. The third-order valence-electron chi connectivity index (χ3n) is 7.47. The second-order valence-electron chi connectivity index (χ2n) is 10.9. The third-order valence-corrected chi connectivity index (χ3v) is 7.47. The molecule has 0 aliphatic rings. The zero-order valence-corrected chi connectivity index (χ0v) is 28.1. The van der Waals surface area contributed by atoms with E-state index in [0.29, 0.717) is 47.6 Å². The van der Waals surface area contributed by atoms with Crippen LogP contribution in [0.15, 0.2) is 156 Å². The van der Waals surface area contributed by atoms with Crippen molar-refractivity contribution in [1.29, 1.82) is 0 Å². The quantitative estimate of drug-likeness (QED) is 0.0996. The predicted octanol–water partition coefficient (Wildman–Crippen LogP) is 9.21. The van der Waals surface area contributed by atoms with Crippen molar-refractivity contribution < 1.29 is 18.9 Å². The van der Waals surface area contributed by atoms with E-state index >= 15 is 0 Å². The number of nitrogens with zero attached hydrogens (tertiary/aromatic N) is 2. The Hall–Kier alpha value is -6.54. The molecular formula is C42H40N4O4. The summed E-state index contributed by atoms with van der Waals surface area (Å²) >= 11 is 0. The average molecular weight is 665 g/mol. The van der Waals surface area contributed by atoms with E-state index in [1.54, 1.807) is 26.6 Å². The number of hydrogen-bond donors (Lipinski definition) is 2. The van der Waals surface area contributed by atoms with E-state index in [9.17, 15) is 0 Å². The minimum atomic E-state index is 0.454. The number of anilines is 2. The number of nitrogen functional groups attached to an aromatic ring is 2. The fraction of sp³-hybridized carbons (Fsp3) is 0.0952. The van der Waals surface area contributed by atoms with E-state index in [0.717, 1.165) is 33.6 Å². The van der Waals surface area contributed by atoms with Gasteiger partial charge in [0.1, 0.15) is 13.2 Å². The molecule has 252 valence electrons. The Bertz CT molecular complexity index is 1870. The molecule has 0 atom stereocenters. The van der Waals surface area contributed by atoms with Gasteiger partial charge < -0.3 is 30.4 Å². The topological polar surface area (TPSA) is 114 Å². The van der Waals surface area contributed by atoms with Crippen LogP contribution in [-0.2, 0) is 13.2 Å². The lowest BCUT2D eigenvalue weighted by Crippen LogP contribution is -2.00. The highest BCUT2D eigenvalue weighted by Gasteiger charge is 2.11. The number of benzene rings is 6. The highest BCUT2D eigenvalue weighted by atomic mass is 16.5. The van der Waals surface area contributed by atoms with Crippen LogP contribution in [0.1, 0.15) is 22.3 Å². The standard InChI is InChI=1S/2C21H20N2O2/c2*1-24-20-13-7-10-17(14-23-19-12-6-5-11-18(19)22)21(20)25-15-16-8-3-2-4-9-16/h2*2-14H,15,22H2,1H3. The van der Waals surface area contributed by atoms with Crippen LogP contribution in [0.5, 0.6) is 23.0 Å². The molecule has 0 saturated carbocycles. The van der Waals surface area contributed by atoms with Gasteiger partial charge in [0.15, 0.2) is 23.0 Å². The lowest BCUT2D eigenvalue weighted by atomic mass is 10.2. The molecule has 0 heterocycles. The molecule has 6 rings (SSSR count). The molecule has 0 aliphatic heterocycles. The van der Waals surface area contributed by atoms with Crippen molar-refractivity contribution in [2.45, 2.75) is 13.2 Å². The smallest absolute Gasteiger partial charge is 0.170 e. The fourth-order valence-electron chi connectivity index (χ4n) is 4.85. The van der Waals surface area contributed by atoms with Crippen molar-refractivity contribution >= 4 is 35.2 Å². The van der Waals surface area contributed by atoms with Crippen LogP contribution in [0, 0.1) is 0 Å². The summed E-state index contributed by atoms with van der Waals surface area (Å²) in [5.74, 6) is 2.65. The van der Waals surface area contributed by atoms with E-state index in [-0.39, 0.29) is 0 Å². The molecule has 0 radical (unpaired) electrons. The highest BCUT2D eigenvalue weighted by molar-refractivity contribution is 5.89. The van der Waals surface area contributed by atoms with Gasteiger partial charge in [-0.05, 0) is 59.7 Å². The molecule has 4 N–H and O–H groups in total. The lowest BCUT2D eigenvalue weighted by Gasteiger charge is -2.13. The predicted molar refractivity (Wildman–Crippen MR) is 204 cm³/mol. The SMILES string of the molecule is COc1cccc(C=Nc2ccccc2N)c1OCc1ccccc1.COc1cccc(C=Nc2ccccc2N)c1OCc1ccccc1. The highest BCUT2D eigenvalue weighted by Crippen LogP contribution is 2.33. The van der Waals surface area contributed by atoms with Crippen LogP contribution in [-0.4, -0.2) is 26.6 Å². The molecule has 0 fully saturated rings. The first-order valence-corrected chi connectivity index (χ1v) is 16.0. The Kier molecular flexibility index (Phi) is 12.6. The number of para-hydroxylation sites is 6. The normalized spacial score (nSPS) is 10.8. The molecule has 0 unspecified atom stereocenters. The first kappa shape index (κ1) is 34.8. The number of methoxy groups -OCH3 is 2. The minimum Gasteiger partial charge on any atom is -0.493 e. The Morgan fingerprint density at radius 1 is 0.460 bits per heavy atom. The molecule has 0 saturated heterocycles. The molecule has 0 aromatic heterocycles. The van der Waals surface area contributed by atoms with E-state index in [4.69, 9.17) is 30.4 Å². The molecule has 0 aliphatic carbocycles. The molecule has 50 heavy (non-hydrogen) atoms. The molecule has 6 aromatic carbocycles. The van der Waals surface area contributed by atoms with E-state index in [2.05, 4.69) is 9.98 Å². The van der Waals surface area contributed by atoms with E-state index in [1.165, 1.54) is 0 Å². The van der Waals surface area contributed by atoms with Gasteiger partial charge in [0.25, 0.3) is 0 Å². The Labute approximate surface area is 293 Å². The summed E-state index contributed by atoms with van der Waals surface area (Å²) in [6.07, 6.45) is 3.49. The van der Waals surface area contributed by atoms with Crippen LogP contribution in [0.2, 0.25) is 0 Å². The molecule has 0 bridgehead atoms. The van der Waals surface area contributed by atoms with Gasteiger partial charge in [-0.3, -0.25) is 9.98 Å². The Morgan fingerprint density at radius 2 is 0.840 bits per heavy atom. The number of nitrogens with two attached hydrogens (primary N) is 2. The number of rotatable bonds is 12. The van der Waals surface area contributed by atoms with Crippen LogP contribution >= 0.6 is 0 Å². The van der Waals surface area contributed by atoms with Crippen molar-refractivity contribution in [3.05, 3.63) is 168 Å². The van der Waals surface area contributed by atoms with Gasteiger partial charge in [0.2, 0.25) is 0 Å². The van der Waals surface area contributed by atoms with Crippen molar-refractivity contribution in [3.63, 3.8) is 0 Å². The number of hydrogen-bond acceptors (Lipinski definition) is 8. The van der Waals surface area contributed by atoms with Gasteiger partial charge in [0, 0.05) is 23.6 Å². The Morgan fingerprint density at radius 3 is 1.22 bits per heavy atom. The molecule has 0 amide bonds. The largest absolute Gasteiger partial charge is 0.493 e. The van der Waals surface area contributed by atoms with Gasteiger partial charge in [-0.25, -0.2) is 0 Å². The number of aliphatic imine (C=N–C) groups is 2. The maximum Gasteiger partial charge on any atom is 0.170 e. The second kappa shape index (κ2) is 18.1. The Balaban J connectivity index is 0.000000194. The summed E-state index contributed by atoms with van der Waals surface area (Å²) in [7, 11) is 3.25. The fourth-order valence-corrected chi connectivity index (χ4v) is 4.85. The van der Waals surface area contributed by atoms with Gasteiger partial charge in [-0.2, -0.15) is 0 Å². The lowest BCUT2D eigenvalue weighted by molar-refractivity contribution is 0.284. The van der Waals surface area contributed by atoms with E-state index in [1.807, 2.05) is 146 Å². The van der Waals surface area contributed by atoms with Crippen molar-refractivity contribution in [1.82, 2.24) is 0 Å². The zero-order chi connectivity index (χ0) is 35.0. The maximum atomic E-state index is 6.02. The first-order valence-electron chi connectivity index (χ1n) is 16.0. The van der Waals surface area contributed by atoms with Crippen molar-refractivity contribution in [2.75, 3.05) is 25.7 Å². The van der Waals surface area contributed by atoms with Crippen LogP contribution < -0.4 is 30.4 Å². The zero-order valence-electron chi connectivity index (χ0n) is 28.1. The summed E-state index contributed by atoms with van der Waals surface area (Å²) in [6.45, 7) is 0.908. The minimum absolute atomic E-state index is 0.454. The maximum absolute atomic E-state index is 6.02. The van der Waals surface area contributed by atoms with Gasteiger partial charge >= 0.3 is 0 Å². The third kappa shape index (κ3) is 9.74.